The van der Waals surface area contributed by atoms with E-state index in [0.717, 1.165) is 11.8 Å². The van der Waals surface area contributed by atoms with Gasteiger partial charge in [0.1, 0.15) is 11.5 Å². The summed E-state index contributed by atoms with van der Waals surface area (Å²) in [7, 11) is 0. The van der Waals surface area contributed by atoms with Crippen LogP contribution < -0.4 is 5.73 Å². The van der Waals surface area contributed by atoms with Crippen LogP contribution in [0.25, 0.3) is 23.0 Å². The smallest absolute Gasteiger partial charge is 0.276 e. The average molecular weight is 256 g/mol. The van der Waals surface area contributed by atoms with Gasteiger partial charge in [0.05, 0.1) is 6.20 Å². The zero-order chi connectivity index (χ0) is 13.2. The summed E-state index contributed by atoms with van der Waals surface area (Å²) in [6.07, 6.45) is 1.10. The first-order chi connectivity index (χ1) is 9.22. The van der Waals surface area contributed by atoms with Crippen LogP contribution in [-0.2, 0) is 0 Å². The quantitative estimate of drug-likeness (QED) is 0.713. The number of benzene rings is 1. The summed E-state index contributed by atoms with van der Waals surface area (Å²) in [4.78, 5) is 8.08. The number of halogens is 1. The first-order valence-corrected chi connectivity index (χ1v) is 5.54. The van der Waals surface area contributed by atoms with Gasteiger partial charge in [-0.3, -0.25) is 0 Å². The van der Waals surface area contributed by atoms with E-state index in [1.807, 2.05) is 6.07 Å². The van der Waals surface area contributed by atoms with Gasteiger partial charge in [0.15, 0.2) is 0 Å². The molecule has 5 nitrogen and oxygen atoms in total. The Morgan fingerprint density at radius 1 is 1.16 bits per heavy atom. The summed E-state index contributed by atoms with van der Waals surface area (Å²) in [5.41, 5.74) is 7.47. The maximum absolute atomic E-state index is 12.8. The summed E-state index contributed by atoms with van der Waals surface area (Å²) in [6.45, 7) is 0. The van der Waals surface area contributed by atoms with Gasteiger partial charge in [-0.15, -0.1) is 0 Å². The Hall–Kier alpha value is -2.76. The Balaban J connectivity index is 1.97. The molecule has 0 atom stereocenters. The minimum atomic E-state index is -0.417. The second kappa shape index (κ2) is 4.49. The number of hydrogen-bond acceptors (Lipinski definition) is 5. The second-order valence-corrected chi connectivity index (χ2v) is 3.91. The van der Waals surface area contributed by atoms with E-state index in [1.165, 1.54) is 12.1 Å². The topological polar surface area (TPSA) is 77.8 Å². The van der Waals surface area contributed by atoms with Crippen molar-refractivity contribution in [1.82, 2.24) is 15.1 Å². The Morgan fingerprint density at radius 3 is 2.79 bits per heavy atom. The van der Waals surface area contributed by atoms with E-state index in [4.69, 9.17) is 10.3 Å². The maximum Gasteiger partial charge on any atom is 0.276 e. The van der Waals surface area contributed by atoms with Crippen molar-refractivity contribution in [2.24, 2.45) is 0 Å². The van der Waals surface area contributed by atoms with Gasteiger partial charge >= 0.3 is 0 Å². The highest BCUT2D eigenvalue weighted by atomic mass is 19.1. The van der Waals surface area contributed by atoms with E-state index < -0.39 is 5.82 Å². The van der Waals surface area contributed by atoms with E-state index >= 15 is 0 Å². The minimum absolute atomic E-state index is 0.234. The van der Waals surface area contributed by atoms with Gasteiger partial charge in [0.2, 0.25) is 5.82 Å². The first-order valence-electron chi connectivity index (χ1n) is 5.54. The third-order valence-electron chi connectivity index (χ3n) is 2.52. The molecule has 3 aromatic rings. The zero-order valence-electron chi connectivity index (χ0n) is 9.75. The van der Waals surface area contributed by atoms with Crippen LogP contribution in [0.1, 0.15) is 0 Å². The third kappa shape index (κ3) is 2.28. The van der Waals surface area contributed by atoms with E-state index in [0.29, 0.717) is 17.2 Å². The van der Waals surface area contributed by atoms with Crippen LogP contribution in [0, 0.1) is 5.82 Å². The molecule has 0 radical (unpaired) electrons. The molecule has 0 bridgehead atoms. The van der Waals surface area contributed by atoms with Crippen LogP contribution in [0.4, 0.5) is 10.1 Å². The fraction of sp³-hybridized carbons (Fsp3) is 0. The van der Waals surface area contributed by atoms with Crippen LogP contribution in [-0.4, -0.2) is 15.1 Å². The lowest BCUT2D eigenvalue weighted by Gasteiger charge is -1.95. The van der Waals surface area contributed by atoms with Gasteiger partial charge in [-0.2, -0.15) is 4.98 Å². The molecular weight excluding hydrogens is 247 g/mol. The van der Waals surface area contributed by atoms with E-state index in [2.05, 4.69) is 15.1 Å². The van der Waals surface area contributed by atoms with Crippen LogP contribution in [0.5, 0.6) is 0 Å². The van der Waals surface area contributed by atoms with Crippen molar-refractivity contribution in [2.45, 2.75) is 0 Å². The number of nitrogens with two attached hydrogens (primary N) is 1. The van der Waals surface area contributed by atoms with Crippen molar-refractivity contribution in [2.75, 3.05) is 5.73 Å². The number of nitrogen functional groups attached to an aromatic ring is 1. The summed E-state index contributed by atoms with van der Waals surface area (Å²) in [5, 5.41) is 3.85. The van der Waals surface area contributed by atoms with E-state index in [1.54, 1.807) is 18.2 Å². The maximum atomic E-state index is 12.8. The highest BCUT2D eigenvalue weighted by Crippen LogP contribution is 2.22. The zero-order valence-corrected chi connectivity index (χ0v) is 9.75. The lowest BCUT2D eigenvalue weighted by Crippen LogP contribution is -1.87. The molecule has 3 rings (SSSR count). The fourth-order valence-electron chi connectivity index (χ4n) is 1.62. The summed E-state index contributed by atoms with van der Waals surface area (Å²) in [6, 6.07) is 9.90. The minimum Gasteiger partial charge on any atom is -0.399 e. The molecule has 1 aromatic carbocycles. The lowest BCUT2D eigenvalue weighted by atomic mass is 10.2. The highest BCUT2D eigenvalue weighted by Gasteiger charge is 2.11. The number of rotatable bonds is 2. The molecule has 0 aliphatic heterocycles. The summed E-state index contributed by atoms with van der Waals surface area (Å²) in [5.74, 6) is 0.227. The van der Waals surface area contributed by atoms with E-state index in [-0.39, 0.29) is 5.89 Å². The average Bonchev–Trinajstić information content (AvgIpc) is 2.89. The Bertz CT molecular complexity index is 709. The van der Waals surface area contributed by atoms with Crippen LogP contribution in [0.2, 0.25) is 0 Å². The van der Waals surface area contributed by atoms with Gasteiger partial charge in [0.25, 0.3) is 5.89 Å². The number of nitrogens with zero attached hydrogens (tertiary/aromatic N) is 3. The van der Waals surface area contributed by atoms with Crippen LogP contribution >= 0.6 is 0 Å². The molecule has 2 N–H and O–H groups in total. The number of anilines is 1. The summed E-state index contributed by atoms with van der Waals surface area (Å²) < 4.78 is 17.9. The number of aromatic nitrogens is 3. The predicted molar refractivity (Wildman–Crippen MR) is 67.3 cm³/mol. The fourth-order valence-corrected chi connectivity index (χ4v) is 1.62. The van der Waals surface area contributed by atoms with Gasteiger partial charge in [-0.1, -0.05) is 17.3 Å². The Morgan fingerprint density at radius 2 is 2.05 bits per heavy atom. The number of hydrogen-bond donors (Lipinski definition) is 1. The lowest BCUT2D eigenvalue weighted by molar-refractivity contribution is 0.431. The van der Waals surface area contributed by atoms with Crippen molar-refractivity contribution in [3.05, 3.63) is 48.4 Å². The third-order valence-corrected chi connectivity index (χ3v) is 2.52. The van der Waals surface area contributed by atoms with E-state index in [9.17, 15) is 4.39 Å². The van der Waals surface area contributed by atoms with Crippen molar-refractivity contribution >= 4 is 5.69 Å². The Kier molecular flexibility index (Phi) is 2.68. The second-order valence-electron chi connectivity index (χ2n) is 3.91. The van der Waals surface area contributed by atoms with Crippen molar-refractivity contribution in [3.8, 4) is 23.0 Å². The molecular formula is C13H9FN4O. The molecule has 6 heteroatoms. The molecule has 0 unspecified atom stereocenters. The molecule has 0 saturated heterocycles. The van der Waals surface area contributed by atoms with Gasteiger partial charge in [0, 0.05) is 11.3 Å². The molecule has 0 aliphatic carbocycles. The molecule has 0 fully saturated rings. The molecule has 19 heavy (non-hydrogen) atoms. The first kappa shape index (κ1) is 11.3. The molecule has 0 saturated carbocycles. The molecule has 2 aromatic heterocycles. The normalized spacial score (nSPS) is 10.6. The van der Waals surface area contributed by atoms with Gasteiger partial charge in [-0.25, -0.2) is 9.37 Å². The van der Waals surface area contributed by atoms with Crippen LogP contribution in [0.3, 0.4) is 0 Å². The largest absolute Gasteiger partial charge is 0.399 e. The van der Waals surface area contributed by atoms with Gasteiger partial charge < -0.3 is 10.3 Å². The molecule has 0 spiro atoms. The molecule has 2 heterocycles. The monoisotopic (exact) mass is 256 g/mol. The predicted octanol–water partition coefficient (Wildman–Crippen LogP) is 2.52. The highest BCUT2D eigenvalue weighted by molar-refractivity contribution is 5.62. The number of pyridine rings is 1. The van der Waals surface area contributed by atoms with Crippen molar-refractivity contribution in [1.29, 1.82) is 0 Å². The van der Waals surface area contributed by atoms with Crippen molar-refractivity contribution < 1.29 is 8.91 Å². The standard InChI is InChI=1S/C13H9FN4O/c14-9-4-5-11(16-7-9)13-17-12(18-19-13)8-2-1-3-10(15)6-8/h1-7H,15H2. The van der Waals surface area contributed by atoms with Crippen molar-refractivity contribution in [3.63, 3.8) is 0 Å². The Labute approximate surface area is 107 Å². The molecule has 0 aliphatic rings. The van der Waals surface area contributed by atoms with Crippen LogP contribution in [0.15, 0.2) is 47.1 Å². The molecule has 94 valence electrons. The SMILES string of the molecule is Nc1cccc(-c2noc(-c3ccc(F)cn3)n2)c1. The molecule has 0 amide bonds. The summed E-state index contributed by atoms with van der Waals surface area (Å²) >= 11 is 0. The van der Waals surface area contributed by atoms with Gasteiger partial charge in [-0.05, 0) is 24.3 Å².